The van der Waals surface area contributed by atoms with Gasteiger partial charge in [-0.05, 0) is 60.0 Å². The fraction of sp³-hybridized carbons (Fsp3) is 0.280. The Bertz CT molecular complexity index is 1090. The predicted octanol–water partition coefficient (Wildman–Crippen LogP) is 4.65. The Hall–Kier alpha value is -2.96. The molecule has 1 saturated heterocycles. The quantitative estimate of drug-likeness (QED) is 0.653. The molecule has 6 heteroatoms. The zero-order valence-electron chi connectivity index (χ0n) is 17.1. The van der Waals surface area contributed by atoms with Crippen molar-refractivity contribution in [2.24, 2.45) is 0 Å². The number of ether oxygens (including phenoxy) is 1. The van der Waals surface area contributed by atoms with Crippen LogP contribution in [0.15, 0.2) is 66.0 Å². The van der Waals surface area contributed by atoms with Gasteiger partial charge in [0.15, 0.2) is 0 Å². The molecule has 2 amide bonds. The molecular formula is C25H24N2O3S. The van der Waals surface area contributed by atoms with E-state index in [0.29, 0.717) is 24.4 Å². The number of carbonyl (C=O) groups excluding carboxylic acids is 2. The lowest BCUT2D eigenvalue weighted by Crippen LogP contribution is -2.40. The van der Waals surface area contributed by atoms with Crippen molar-refractivity contribution in [2.75, 3.05) is 18.5 Å². The van der Waals surface area contributed by atoms with Crippen LogP contribution in [0.1, 0.15) is 45.2 Å². The number of amides is 2. The van der Waals surface area contributed by atoms with E-state index in [0.717, 1.165) is 24.8 Å². The van der Waals surface area contributed by atoms with Crippen LogP contribution in [-0.2, 0) is 16.0 Å². The minimum Gasteiger partial charge on any atom is -0.368 e. The second kappa shape index (κ2) is 8.65. The number of nitrogens with one attached hydrogen (secondary N) is 1. The fourth-order valence-electron chi connectivity index (χ4n) is 4.43. The van der Waals surface area contributed by atoms with Gasteiger partial charge in [0.05, 0.1) is 6.04 Å². The number of carbonyl (C=O) groups is 2. The van der Waals surface area contributed by atoms with Crippen LogP contribution < -0.4 is 5.32 Å². The lowest BCUT2D eigenvalue weighted by Gasteiger charge is -2.36. The van der Waals surface area contributed by atoms with Crippen molar-refractivity contribution in [2.45, 2.75) is 31.4 Å². The minimum absolute atomic E-state index is 0.0288. The largest absolute Gasteiger partial charge is 0.368 e. The normalized spacial score (nSPS) is 20.3. The highest BCUT2D eigenvalue weighted by Crippen LogP contribution is 2.38. The molecule has 0 aliphatic carbocycles. The average Bonchev–Trinajstić information content (AvgIpc) is 3.51. The van der Waals surface area contributed by atoms with Crippen LogP contribution in [-0.4, -0.2) is 36.0 Å². The van der Waals surface area contributed by atoms with E-state index >= 15 is 0 Å². The summed E-state index contributed by atoms with van der Waals surface area (Å²) in [5.74, 6) is -0.177. The predicted molar refractivity (Wildman–Crippen MR) is 121 cm³/mol. The molecule has 31 heavy (non-hydrogen) atoms. The molecule has 3 heterocycles. The van der Waals surface area contributed by atoms with E-state index < -0.39 is 6.10 Å². The number of nitrogens with zero attached hydrogens (tertiary/aromatic N) is 1. The van der Waals surface area contributed by atoms with E-state index in [4.69, 9.17) is 4.74 Å². The number of anilines is 1. The summed E-state index contributed by atoms with van der Waals surface area (Å²) in [6.07, 6.45) is 2.09. The number of hydrogen-bond donors (Lipinski definition) is 1. The van der Waals surface area contributed by atoms with Gasteiger partial charge in [0.1, 0.15) is 6.10 Å². The Kier molecular flexibility index (Phi) is 5.57. The van der Waals surface area contributed by atoms with Crippen LogP contribution in [0.4, 0.5) is 5.69 Å². The first-order valence-electron chi connectivity index (χ1n) is 10.7. The second-order valence-electron chi connectivity index (χ2n) is 7.93. The van der Waals surface area contributed by atoms with Crippen LogP contribution in [0.3, 0.4) is 0 Å². The molecule has 5 nitrogen and oxygen atoms in total. The Labute approximate surface area is 185 Å². The van der Waals surface area contributed by atoms with Gasteiger partial charge in [0, 0.05) is 29.3 Å². The molecule has 1 aromatic heterocycles. The van der Waals surface area contributed by atoms with Crippen LogP contribution in [0.2, 0.25) is 0 Å². The van der Waals surface area contributed by atoms with E-state index in [-0.39, 0.29) is 17.9 Å². The lowest BCUT2D eigenvalue weighted by atomic mass is 9.92. The molecule has 158 valence electrons. The van der Waals surface area contributed by atoms with Gasteiger partial charge in [-0.2, -0.15) is 0 Å². The molecule has 0 saturated carbocycles. The molecule has 0 spiro atoms. The van der Waals surface area contributed by atoms with Gasteiger partial charge in [-0.25, -0.2) is 0 Å². The van der Waals surface area contributed by atoms with Crippen LogP contribution in [0, 0.1) is 0 Å². The Balaban J connectivity index is 1.42. The summed E-state index contributed by atoms with van der Waals surface area (Å²) in [7, 11) is 0. The molecule has 1 N–H and O–H groups in total. The maximum atomic E-state index is 13.6. The highest BCUT2D eigenvalue weighted by Gasteiger charge is 2.33. The summed E-state index contributed by atoms with van der Waals surface area (Å²) in [6, 6.07) is 19.4. The van der Waals surface area contributed by atoms with Crippen molar-refractivity contribution in [1.82, 2.24) is 4.90 Å². The van der Waals surface area contributed by atoms with Crippen molar-refractivity contribution >= 4 is 28.8 Å². The van der Waals surface area contributed by atoms with E-state index in [9.17, 15) is 9.59 Å². The molecule has 0 radical (unpaired) electrons. The highest BCUT2D eigenvalue weighted by molar-refractivity contribution is 7.10. The van der Waals surface area contributed by atoms with Crippen molar-refractivity contribution < 1.29 is 14.3 Å². The van der Waals surface area contributed by atoms with Crippen LogP contribution >= 0.6 is 11.3 Å². The molecule has 2 atom stereocenters. The Morgan fingerprint density at radius 1 is 1.06 bits per heavy atom. The summed E-state index contributed by atoms with van der Waals surface area (Å²) < 4.78 is 5.46. The third-order valence-electron chi connectivity index (χ3n) is 5.94. The maximum absolute atomic E-state index is 13.6. The first-order chi connectivity index (χ1) is 15.2. The van der Waals surface area contributed by atoms with E-state index in [1.807, 2.05) is 41.3 Å². The number of fused-ring (bicyclic) bond motifs is 1. The summed E-state index contributed by atoms with van der Waals surface area (Å²) in [6.45, 7) is 1.29. The van der Waals surface area contributed by atoms with E-state index in [1.165, 1.54) is 10.4 Å². The first-order valence-corrected chi connectivity index (χ1v) is 11.5. The lowest BCUT2D eigenvalue weighted by molar-refractivity contribution is -0.124. The van der Waals surface area contributed by atoms with Gasteiger partial charge < -0.3 is 15.0 Å². The number of rotatable bonds is 4. The maximum Gasteiger partial charge on any atom is 0.254 e. The summed E-state index contributed by atoms with van der Waals surface area (Å²) in [5.41, 5.74) is 3.51. The monoisotopic (exact) mass is 432 g/mol. The van der Waals surface area contributed by atoms with Gasteiger partial charge in [-0.3, -0.25) is 9.59 Å². The molecule has 5 rings (SSSR count). The molecule has 0 bridgehead atoms. The first kappa shape index (κ1) is 20.0. The molecule has 2 aromatic carbocycles. The third kappa shape index (κ3) is 4.01. The summed E-state index contributed by atoms with van der Waals surface area (Å²) in [4.78, 5) is 29.3. The number of thiophene rings is 1. The third-order valence-corrected chi connectivity index (χ3v) is 6.94. The highest BCUT2D eigenvalue weighted by atomic mass is 32.1. The summed E-state index contributed by atoms with van der Waals surface area (Å²) in [5, 5.41) is 5.01. The van der Waals surface area contributed by atoms with E-state index in [1.54, 1.807) is 17.4 Å². The zero-order chi connectivity index (χ0) is 21.2. The van der Waals surface area contributed by atoms with Crippen molar-refractivity contribution in [1.29, 1.82) is 0 Å². The van der Waals surface area contributed by atoms with Gasteiger partial charge in [-0.1, -0.05) is 36.4 Å². The molecular weight excluding hydrogens is 408 g/mol. The Morgan fingerprint density at radius 2 is 1.94 bits per heavy atom. The van der Waals surface area contributed by atoms with E-state index in [2.05, 4.69) is 28.9 Å². The topological polar surface area (TPSA) is 58.6 Å². The van der Waals surface area contributed by atoms with Crippen molar-refractivity contribution in [3.05, 3.63) is 87.6 Å². The molecule has 2 aliphatic heterocycles. The molecule has 1 fully saturated rings. The number of benzene rings is 2. The zero-order valence-corrected chi connectivity index (χ0v) is 17.9. The minimum atomic E-state index is -0.402. The average molecular weight is 433 g/mol. The number of hydrogen-bond acceptors (Lipinski definition) is 4. The molecule has 0 unspecified atom stereocenters. The van der Waals surface area contributed by atoms with Crippen molar-refractivity contribution in [3.63, 3.8) is 0 Å². The second-order valence-corrected chi connectivity index (χ2v) is 8.93. The Morgan fingerprint density at radius 3 is 2.74 bits per heavy atom. The van der Waals surface area contributed by atoms with Crippen LogP contribution in [0.25, 0.3) is 0 Å². The van der Waals surface area contributed by atoms with Gasteiger partial charge in [0.25, 0.3) is 11.8 Å². The standard InChI is InChI=1S/C25H24N2O3S/c28-24(21-10-5-14-30-21)26-19-9-4-8-18(16-19)25(29)27-13-11-22-20(12-15-31-22)23(27)17-6-2-1-3-7-17/h1-4,6-9,12,15-16,21,23H,5,10-11,13-14H2,(H,26,28)/t21-,23-/m1/s1. The molecule has 3 aromatic rings. The van der Waals surface area contributed by atoms with Gasteiger partial charge >= 0.3 is 0 Å². The fourth-order valence-corrected chi connectivity index (χ4v) is 5.34. The van der Waals surface area contributed by atoms with Gasteiger partial charge in [0.2, 0.25) is 0 Å². The summed E-state index contributed by atoms with van der Waals surface area (Å²) >= 11 is 1.76. The van der Waals surface area contributed by atoms with Crippen LogP contribution in [0.5, 0.6) is 0 Å². The molecule has 2 aliphatic rings. The van der Waals surface area contributed by atoms with Gasteiger partial charge in [-0.15, -0.1) is 11.3 Å². The van der Waals surface area contributed by atoms with Crippen molar-refractivity contribution in [3.8, 4) is 0 Å². The smallest absolute Gasteiger partial charge is 0.254 e. The SMILES string of the molecule is O=C(Nc1cccc(C(=O)N2CCc3sccc3[C@H]2c2ccccc2)c1)[C@H]1CCCO1.